The third kappa shape index (κ3) is 3.81. The van der Waals surface area contributed by atoms with Gasteiger partial charge in [0, 0.05) is 29.2 Å². The Labute approximate surface area is 171 Å². The predicted molar refractivity (Wildman–Crippen MR) is 109 cm³/mol. The van der Waals surface area contributed by atoms with Crippen LogP contribution in [0.3, 0.4) is 0 Å². The van der Waals surface area contributed by atoms with Gasteiger partial charge in [0.15, 0.2) is 5.13 Å². The molecule has 0 spiro atoms. The quantitative estimate of drug-likeness (QED) is 0.628. The van der Waals surface area contributed by atoms with Crippen molar-refractivity contribution in [2.45, 2.75) is 18.3 Å². The highest BCUT2D eigenvalue weighted by Gasteiger charge is 2.42. The number of thiazole rings is 1. The number of anilines is 1. The van der Waals surface area contributed by atoms with Crippen molar-refractivity contribution in [3.63, 3.8) is 0 Å². The molecule has 28 heavy (non-hydrogen) atoms. The number of hydrogen-bond donors (Lipinski definition) is 1. The van der Waals surface area contributed by atoms with Gasteiger partial charge in [-0.1, -0.05) is 35.9 Å². The number of hydrogen-bond acceptors (Lipinski definition) is 4. The van der Waals surface area contributed by atoms with Crippen LogP contribution in [0.4, 0.5) is 9.52 Å². The first-order chi connectivity index (χ1) is 13.6. The summed E-state index contributed by atoms with van der Waals surface area (Å²) in [6.45, 7) is 0.970. The zero-order valence-corrected chi connectivity index (χ0v) is 16.5. The zero-order valence-electron chi connectivity index (χ0n) is 15.0. The van der Waals surface area contributed by atoms with Crippen molar-refractivity contribution in [3.8, 4) is 11.3 Å². The van der Waals surface area contributed by atoms with Gasteiger partial charge in [-0.15, -0.1) is 11.3 Å². The number of nitrogens with zero attached hydrogens (tertiary/aromatic N) is 1. The molecule has 1 aromatic heterocycles. The molecule has 1 saturated heterocycles. The zero-order chi connectivity index (χ0) is 19.6. The Kier molecular flexibility index (Phi) is 5.44. The molecule has 0 saturated carbocycles. The van der Waals surface area contributed by atoms with Gasteiger partial charge >= 0.3 is 0 Å². The Morgan fingerprint density at radius 1 is 1.11 bits per heavy atom. The molecule has 1 aliphatic heterocycles. The molecule has 2 aromatic carbocycles. The van der Waals surface area contributed by atoms with Gasteiger partial charge in [-0.25, -0.2) is 9.37 Å². The number of ether oxygens (including phenoxy) is 1. The lowest BCUT2D eigenvalue weighted by molar-refractivity contribution is -0.125. The number of aromatic nitrogens is 1. The largest absolute Gasteiger partial charge is 0.381 e. The number of halogens is 2. The molecular weight excluding hydrogens is 399 g/mol. The summed E-state index contributed by atoms with van der Waals surface area (Å²) in [5.41, 5.74) is 1.75. The fourth-order valence-electron chi connectivity index (χ4n) is 3.44. The fraction of sp³-hybridized carbons (Fsp3) is 0.238. The van der Waals surface area contributed by atoms with Crippen LogP contribution in [0.1, 0.15) is 18.4 Å². The summed E-state index contributed by atoms with van der Waals surface area (Å²) in [5.74, 6) is -0.460. The van der Waals surface area contributed by atoms with Crippen molar-refractivity contribution >= 4 is 34.0 Å². The minimum absolute atomic E-state index is 0.139. The molecular formula is C21H18ClFN2O2S. The lowest BCUT2D eigenvalue weighted by Gasteiger charge is -2.36. The molecule has 1 amide bonds. The Morgan fingerprint density at radius 2 is 1.79 bits per heavy atom. The average molecular weight is 417 g/mol. The second kappa shape index (κ2) is 7.99. The molecule has 1 N–H and O–H groups in total. The number of benzene rings is 2. The lowest BCUT2D eigenvalue weighted by atomic mass is 9.73. The van der Waals surface area contributed by atoms with Gasteiger partial charge in [0.2, 0.25) is 5.91 Å². The van der Waals surface area contributed by atoms with Crippen LogP contribution in [0, 0.1) is 5.82 Å². The second-order valence-electron chi connectivity index (χ2n) is 6.70. The van der Waals surface area contributed by atoms with Crippen molar-refractivity contribution < 1.29 is 13.9 Å². The molecule has 0 atom stereocenters. The summed E-state index contributed by atoms with van der Waals surface area (Å²) >= 11 is 7.30. The molecule has 7 heteroatoms. The summed E-state index contributed by atoms with van der Waals surface area (Å²) in [6, 6.07) is 13.5. The van der Waals surface area contributed by atoms with Crippen LogP contribution in [-0.4, -0.2) is 24.1 Å². The molecule has 0 aliphatic carbocycles. The van der Waals surface area contributed by atoms with E-state index in [2.05, 4.69) is 10.3 Å². The topological polar surface area (TPSA) is 51.2 Å². The second-order valence-corrected chi connectivity index (χ2v) is 7.99. The first-order valence-electron chi connectivity index (χ1n) is 8.93. The van der Waals surface area contributed by atoms with Crippen molar-refractivity contribution in [3.05, 3.63) is 70.3 Å². The Balaban J connectivity index is 1.58. The summed E-state index contributed by atoms with van der Waals surface area (Å²) in [6.07, 6.45) is 1.08. The van der Waals surface area contributed by atoms with Crippen LogP contribution in [-0.2, 0) is 14.9 Å². The van der Waals surface area contributed by atoms with Crippen LogP contribution >= 0.6 is 22.9 Å². The van der Waals surface area contributed by atoms with Crippen LogP contribution in [0.25, 0.3) is 11.3 Å². The highest BCUT2D eigenvalue weighted by Crippen LogP contribution is 2.37. The van der Waals surface area contributed by atoms with E-state index in [0.717, 1.165) is 16.8 Å². The summed E-state index contributed by atoms with van der Waals surface area (Å²) < 4.78 is 18.8. The van der Waals surface area contributed by atoms with Crippen molar-refractivity contribution in [2.75, 3.05) is 18.5 Å². The molecule has 1 aliphatic rings. The van der Waals surface area contributed by atoms with Crippen molar-refractivity contribution in [1.82, 2.24) is 4.98 Å². The number of rotatable bonds is 4. The van der Waals surface area contributed by atoms with E-state index >= 15 is 0 Å². The number of carbonyl (C=O) groups is 1. The molecule has 1 fully saturated rings. The van der Waals surface area contributed by atoms with Crippen LogP contribution in [0.2, 0.25) is 5.02 Å². The van der Waals surface area contributed by atoms with Gasteiger partial charge in [0.1, 0.15) is 5.82 Å². The van der Waals surface area contributed by atoms with Crippen molar-refractivity contribution in [2.24, 2.45) is 0 Å². The maximum Gasteiger partial charge on any atom is 0.236 e. The molecule has 3 aromatic rings. The summed E-state index contributed by atoms with van der Waals surface area (Å²) in [7, 11) is 0. The standard InChI is InChI=1S/C21H18ClFN2O2S/c22-16-5-1-14(2-6-16)18-13-28-20(24-18)25-19(26)21(9-11-27-12-10-21)15-3-7-17(23)8-4-15/h1-8,13H,9-12H2,(H,24,25,26). The first-order valence-corrected chi connectivity index (χ1v) is 10.2. The van der Waals surface area contributed by atoms with E-state index in [-0.39, 0.29) is 11.7 Å². The van der Waals surface area contributed by atoms with Gasteiger partial charge in [-0.2, -0.15) is 0 Å². The van der Waals surface area contributed by atoms with Crippen LogP contribution in [0.5, 0.6) is 0 Å². The maximum absolute atomic E-state index is 13.4. The minimum Gasteiger partial charge on any atom is -0.381 e. The Morgan fingerprint density at radius 3 is 2.46 bits per heavy atom. The average Bonchev–Trinajstić information content (AvgIpc) is 3.18. The first kappa shape index (κ1) is 19.1. The SMILES string of the molecule is O=C(Nc1nc(-c2ccc(Cl)cc2)cs1)C1(c2ccc(F)cc2)CCOCC1. The molecule has 2 heterocycles. The van der Waals surface area contributed by atoms with Crippen LogP contribution < -0.4 is 5.32 Å². The Bertz CT molecular complexity index is 967. The Hall–Kier alpha value is -2.28. The van der Waals surface area contributed by atoms with Crippen molar-refractivity contribution in [1.29, 1.82) is 0 Å². The minimum atomic E-state index is -0.752. The fourth-order valence-corrected chi connectivity index (χ4v) is 4.28. The third-order valence-electron chi connectivity index (χ3n) is 5.04. The van der Waals surface area contributed by atoms with E-state index in [4.69, 9.17) is 16.3 Å². The van der Waals surface area contributed by atoms with Gasteiger partial charge in [0.25, 0.3) is 0 Å². The van der Waals surface area contributed by atoms with E-state index in [1.807, 2.05) is 17.5 Å². The normalized spacial score (nSPS) is 15.9. The lowest BCUT2D eigenvalue weighted by Crippen LogP contribution is -2.44. The molecule has 4 nitrogen and oxygen atoms in total. The predicted octanol–water partition coefficient (Wildman–Crippen LogP) is 5.29. The number of carbonyl (C=O) groups excluding carboxylic acids is 1. The van der Waals surface area contributed by atoms with E-state index in [1.165, 1.54) is 23.5 Å². The van der Waals surface area contributed by atoms with E-state index < -0.39 is 5.41 Å². The van der Waals surface area contributed by atoms with Gasteiger partial charge in [0.05, 0.1) is 11.1 Å². The monoisotopic (exact) mass is 416 g/mol. The van der Waals surface area contributed by atoms with E-state index in [9.17, 15) is 9.18 Å². The third-order valence-corrected chi connectivity index (χ3v) is 6.05. The van der Waals surface area contributed by atoms with Gasteiger partial charge < -0.3 is 10.1 Å². The smallest absolute Gasteiger partial charge is 0.236 e. The van der Waals surface area contributed by atoms with Crippen LogP contribution in [0.15, 0.2) is 53.9 Å². The number of amides is 1. The molecule has 4 rings (SSSR count). The van der Waals surface area contributed by atoms with E-state index in [1.54, 1.807) is 24.3 Å². The highest BCUT2D eigenvalue weighted by atomic mass is 35.5. The number of nitrogens with one attached hydrogen (secondary N) is 1. The van der Waals surface area contributed by atoms with Gasteiger partial charge in [-0.3, -0.25) is 4.79 Å². The summed E-state index contributed by atoms with van der Waals surface area (Å²) in [5, 5.41) is 6.05. The van der Waals surface area contributed by atoms with E-state index in [0.29, 0.717) is 36.2 Å². The molecule has 0 radical (unpaired) electrons. The van der Waals surface area contributed by atoms with Gasteiger partial charge in [-0.05, 0) is 42.7 Å². The summed E-state index contributed by atoms with van der Waals surface area (Å²) in [4.78, 5) is 17.8. The molecule has 0 unspecified atom stereocenters. The highest BCUT2D eigenvalue weighted by molar-refractivity contribution is 7.14. The maximum atomic E-state index is 13.4. The molecule has 144 valence electrons. The molecule has 0 bridgehead atoms.